The molecule has 0 aliphatic carbocycles. The highest BCUT2D eigenvalue weighted by molar-refractivity contribution is 5.82. The first-order valence-electron chi connectivity index (χ1n) is 10.5. The zero-order valence-electron chi connectivity index (χ0n) is 17.7. The summed E-state index contributed by atoms with van der Waals surface area (Å²) in [6.45, 7) is 9.35. The van der Waals surface area contributed by atoms with Crippen molar-refractivity contribution in [2.24, 2.45) is 5.92 Å². The Morgan fingerprint density at radius 3 is 2.76 bits per heavy atom. The van der Waals surface area contributed by atoms with Crippen molar-refractivity contribution in [3.63, 3.8) is 0 Å². The molecule has 2 aliphatic rings. The molecule has 29 heavy (non-hydrogen) atoms. The zero-order chi connectivity index (χ0) is 20.8. The van der Waals surface area contributed by atoms with Crippen molar-refractivity contribution in [3.8, 4) is 0 Å². The molecule has 2 fully saturated rings. The summed E-state index contributed by atoms with van der Waals surface area (Å²) in [5, 5.41) is 0. The zero-order valence-corrected chi connectivity index (χ0v) is 17.7. The largest absolute Gasteiger partial charge is 0.444 e. The second kappa shape index (κ2) is 7.35. The molecule has 1 N–H and O–H groups in total. The van der Waals surface area contributed by atoms with Crippen LogP contribution in [0.2, 0.25) is 0 Å². The van der Waals surface area contributed by atoms with Crippen LogP contribution < -0.4 is 0 Å². The lowest BCUT2D eigenvalue weighted by atomic mass is 10.1. The minimum absolute atomic E-state index is 0.0224. The molecular weight excluding hydrogens is 368 g/mol. The van der Waals surface area contributed by atoms with Gasteiger partial charge in [-0.3, -0.25) is 4.79 Å². The van der Waals surface area contributed by atoms with Gasteiger partial charge in [0.25, 0.3) is 0 Å². The Hall–Kier alpha value is -2.57. The second-order valence-corrected chi connectivity index (χ2v) is 9.24. The lowest BCUT2D eigenvalue weighted by molar-refractivity contribution is -0.136. The van der Waals surface area contributed by atoms with Crippen LogP contribution in [0.25, 0.3) is 11.0 Å². The molecule has 4 rings (SSSR count). The van der Waals surface area contributed by atoms with Gasteiger partial charge in [0.1, 0.15) is 11.4 Å². The number of ether oxygens (including phenoxy) is 1. The van der Waals surface area contributed by atoms with Gasteiger partial charge in [0, 0.05) is 19.6 Å². The first kappa shape index (κ1) is 19.7. The van der Waals surface area contributed by atoms with Crippen molar-refractivity contribution < 1.29 is 14.3 Å². The van der Waals surface area contributed by atoms with E-state index in [1.54, 1.807) is 4.90 Å². The minimum Gasteiger partial charge on any atom is -0.444 e. The van der Waals surface area contributed by atoms with E-state index in [4.69, 9.17) is 9.72 Å². The molecule has 156 valence electrons. The van der Waals surface area contributed by atoms with Crippen LogP contribution in [0.15, 0.2) is 18.2 Å². The van der Waals surface area contributed by atoms with Crippen LogP contribution in [0, 0.1) is 12.8 Å². The fourth-order valence-corrected chi connectivity index (χ4v) is 4.30. The number of nitrogens with one attached hydrogen (secondary N) is 1. The number of rotatable bonds is 2. The molecule has 1 aromatic carbocycles. The Kier molecular flexibility index (Phi) is 5.00. The monoisotopic (exact) mass is 398 g/mol. The maximum absolute atomic E-state index is 13.3. The first-order valence-corrected chi connectivity index (χ1v) is 10.5. The number of benzene rings is 1. The van der Waals surface area contributed by atoms with Crippen molar-refractivity contribution in [1.29, 1.82) is 0 Å². The number of aryl methyl sites for hydroxylation is 1. The average molecular weight is 399 g/mol. The van der Waals surface area contributed by atoms with Gasteiger partial charge in [0.05, 0.1) is 23.0 Å². The Morgan fingerprint density at radius 2 is 2.00 bits per heavy atom. The quantitative estimate of drug-likeness (QED) is 0.835. The summed E-state index contributed by atoms with van der Waals surface area (Å²) in [5.41, 5.74) is 2.59. The van der Waals surface area contributed by atoms with Gasteiger partial charge in [-0.15, -0.1) is 0 Å². The molecule has 7 heteroatoms. The number of hydrogen-bond acceptors (Lipinski definition) is 4. The smallest absolute Gasteiger partial charge is 0.410 e. The van der Waals surface area contributed by atoms with Gasteiger partial charge < -0.3 is 19.5 Å². The SMILES string of the molecule is Cc1ccc2nc([C@@H]3CCCN3C(=O)[C@H]3CCN(C(=O)OC(C)(C)C)C3)[nH]c2c1. The molecule has 2 atom stereocenters. The van der Waals surface area contributed by atoms with Crippen LogP contribution in [0.5, 0.6) is 0 Å². The van der Waals surface area contributed by atoms with Gasteiger partial charge >= 0.3 is 6.09 Å². The number of aromatic nitrogens is 2. The number of hydrogen-bond donors (Lipinski definition) is 1. The number of aromatic amines is 1. The normalized spacial score (nSPS) is 22.5. The first-order chi connectivity index (χ1) is 13.7. The maximum Gasteiger partial charge on any atom is 0.410 e. The third-order valence-electron chi connectivity index (χ3n) is 5.70. The van der Waals surface area contributed by atoms with E-state index in [9.17, 15) is 9.59 Å². The number of H-pyrrole nitrogens is 1. The third kappa shape index (κ3) is 4.09. The molecule has 0 radical (unpaired) electrons. The van der Waals surface area contributed by atoms with Gasteiger partial charge in [-0.25, -0.2) is 9.78 Å². The van der Waals surface area contributed by atoms with Crippen LogP contribution in [-0.2, 0) is 9.53 Å². The molecule has 2 saturated heterocycles. The summed E-state index contributed by atoms with van der Waals surface area (Å²) < 4.78 is 5.46. The third-order valence-corrected chi connectivity index (χ3v) is 5.70. The van der Waals surface area contributed by atoms with E-state index < -0.39 is 5.60 Å². The fourth-order valence-electron chi connectivity index (χ4n) is 4.30. The van der Waals surface area contributed by atoms with Crippen molar-refractivity contribution >= 4 is 23.0 Å². The summed E-state index contributed by atoms with van der Waals surface area (Å²) in [5.74, 6) is 0.809. The Morgan fingerprint density at radius 1 is 1.21 bits per heavy atom. The molecule has 7 nitrogen and oxygen atoms in total. The maximum atomic E-state index is 13.3. The summed E-state index contributed by atoms with van der Waals surface area (Å²) in [6, 6.07) is 6.13. The number of fused-ring (bicyclic) bond motifs is 1. The van der Waals surface area contributed by atoms with Crippen molar-refractivity contribution in [1.82, 2.24) is 19.8 Å². The van der Waals surface area contributed by atoms with E-state index in [2.05, 4.69) is 18.0 Å². The highest BCUT2D eigenvalue weighted by Gasteiger charge is 2.40. The minimum atomic E-state index is -0.529. The number of carbonyl (C=O) groups excluding carboxylic acids is 2. The summed E-state index contributed by atoms with van der Waals surface area (Å²) in [6.07, 6.45) is 2.22. The van der Waals surface area contributed by atoms with Gasteiger partial charge in [-0.1, -0.05) is 6.07 Å². The Labute approximate surface area is 171 Å². The lowest BCUT2D eigenvalue weighted by Crippen LogP contribution is -2.39. The number of likely N-dealkylation sites (tertiary alicyclic amines) is 2. The van der Waals surface area contributed by atoms with Crippen LogP contribution in [-0.4, -0.2) is 57.0 Å². The second-order valence-electron chi connectivity index (χ2n) is 9.24. The van der Waals surface area contributed by atoms with E-state index >= 15 is 0 Å². The number of nitrogens with zero attached hydrogens (tertiary/aromatic N) is 3. The van der Waals surface area contributed by atoms with Gasteiger partial charge in [0.2, 0.25) is 5.91 Å². The summed E-state index contributed by atoms with van der Waals surface area (Å²) in [7, 11) is 0. The van der Waals surface area contributed by atoms with E-state index in [-0.39, 0.29) is 24.0 Å². The van der Waals surface area contributed by atoms with Crippen LogP contribution in [0.4, 0.5) is 4.79 Å². The van der Waals surface area contributed by atoms with Gasteiger partial charge in [-0.05, 0) is 64.7 Å². The molecule has 0 bridgehead atoms. The molecule has 3 heterocycles. The van der Waals surface area contributed by atoms with E-state index in [0.29, 0.717) is 19.5 Å². The highest BCUT2D eigenvalue weighted by atomic mass is 16.6. The van der Waals surface area contributed by atoms with Gasteiger partial charge in [-0.2, -0.15) is 0 Å². The van der Waals surface area contributed by atoms with Crippen LogP contribution in [0.1, 0.15) is 57.5 Å². The molecule has 1 aromatic heterocycles. The van der Waals surface area contributed by atoms with E-state index in [1.165, 1.54) is 5.56 Å². The predicted molar refractivity (Wildman–Crippen MR) is 110 cm³/mol. The average Bonchev–Trinajstić information content (AvgIpc) is 3.37. The predicted octanol–water partition coefficient (Wildman–Crippen LogP) is 3.79. The fraction of sp³-hybridized carbons (Fsp3) is 0.591. The van der Waals surface area contributed by atoms with Crippen molar-refractivity contribution in [2.45, 2.75) is 58.6 Å². The number of carbonyl (C=O) groups is 2. The number of amides is 2. The molecule has 2 aliphatic heterocycles. The molecule has 2 amide bonds. The Bertz CT molecular complexity index is 930. The van der Waals surface area contributed by atoms with Crippen molar-refractivity contribution in [3.05, 3.63) is 29.6 Å². The lowest BCUT2D eigenvalue weighted by Gasteiger charge is -2.27. The summed E-state index contributed by atoms with van der Waals surface area (Å²) >= 11 is 0. The molecule has 0 saturated carbocycles. The van der Waals surface area contributed by atoms with E-state index in [0.717, 1.165) is 36.2 Å². The van der Waals surface area contributed by atoms with Crippen LogP contribution in [0.3, 0.4) is 0 Å². The Balaban J connectivity index is 1.46. The molecule has 0 unspecified atom stereocenters. The highest BCUT2D eigenvalue weighted by Crippen LogP contribution is 2.34. The molecule has 2 aromatic rings. The number of imidazole rings is 1. The molecule has 0 spiro atoms. The topological polar surface area (TPSA) is 78.5 Å². The van der Waals surface area contributed by atoms with Gasteiger partial charge in [0.15, 0.2) is 0 Å². The summed E-state index contributed by atoms with van der Waals surface area (Å²) in [4.78, 5) is 37.4. The van der Waals surface area contributed by atoms with Crippen molar-refractivity contribution in [2.75, 3.05) is 19.6 Å². The standard InChI is InChI=1S/C22H30N4O3/c1-14-7-8-16-17(12-14)24-19(23-16)18-6-5-10-26(18)20(27)15-9-11-25(13-15)21(28)29-22(2,3)4/h7-8,12,15,18H,5-6,9-11,13H2,1-4H3,(H,23,24)/t15-,18-/m0/s1. The molecular formula is C22H30N4O3. The van der Waals surface area contributed by atoms with Crippen LogP contribution >= 0.6 is 0 Å². The van der Waals surface area contributed by atoms with E-state index in [1.807, 2.05) is 37.8 Å².